The maximum atomic E-state index is 10.8. The fraction of sp³-hybridized carbons (Fsp3) is 0.125. The maximum Gasteiger partial charge on any atom is 0.250 e. The fourth-order valence-electron chi connectivity index (χ4n) is 0.836. The quantitative estimate of drug-likeness (QED) is 0.749. The second-order valence-corrected chi connectivity index (χ2v) is 3.18. The van der Waals surface area contributed by atoms with E-state index in [0.29, 0.717) is 5.02 Å². The van der Waals surface area contributed by atoms with Crippen LogP contribution in [0.2, 0.25) is 10.0 Å². The number of hydrogen-bond donors (Lipinski definition) is 1. The van der Waals surface area contributed by atoms with Crippen LogP contribution in [0.5, 0.6) is 0 Å². The number of nitrogens with two attached hydrogens (primary N) is 1. The molecule has 0 unspecified atom stereocenters. The van der Waals surface area contributed by atoms with E-state index in [1.807, 2.05) is 0 Å². The number of primary amides is 1. The predicted octanol–water partition coefficient (Wildman–Crippen LogP) is 2.40. The lowest BCUT2D eigenvalue weighted by Gasteiger charge is -2.03. The van der Waals surface area contributed by atoms with Crippen LogP contribution in [-0.4, -0.2) is 5.91 Å². The minimum atomic E-state index is -0.568. The Morgan fingerprint density at radius 3 is 2.42 bits per heavy atom. The molecule has 1 aromatic rings. The highest BCUT2D eigenvalue weighted by Crippen LogP contribution is 2.28. The molecule has 0 aliphatic carbocycles. The highest BCUT2D eigenvalue weighted by atomic mass is 35.5. The number of carbonyl (C=O) groups excluding carboxylic acids is 1. The van der Waals surface area contributed by atoms with Crippen molar-refractivity contribution in [2.75, 3.05) is 0 Å². The van der Waals surface area contributed by atoms with E-state index < -0.39 is 5.91 Å². The van der Waals surface area contributed by atoms with Crippen molar-refractivity contribution in [3.63, 3.8) is 0 Å². The molecule has 2 N–H and O–H groups in total. The van der Waals surface area contributed by atoms with E-state index in [2.05, 4.69) is 0 Å². The van der Waals surface area contributed by atoms with Crippen molar-refractivity contribution in [1.29, 1.82) is 0 Å². The summed E-state index contributed by atoms with van der Waals surface area (Å²) in [5, 5.41) is 0.608. The van der Waals surface area contributed by atoms with Gasteiger partial charge in [0.25, 0.3) is 0 Å². The molecule has 1 rings (SSSR count). The van der Waals surface area contributed by atoms with Gasteiger partial charge in [0.1, 0.15) is 0 Å². The molecule has 0 aliphatic heterocycles. The van der Waals surface area contributed by atoms with Crippen LogP contribution in [0.1, 0.15) is 15.9 Å². The molecule has 0 aromatic heterocycles. The van der Waals surface area contributed by atoms with Crippen molar-refractivity contribution in [2.45, 2.75) is 6.92 Å². The number of aryl methyl sites for hydroxylation is 1. The van der Waals surface area contributed by atoms with Gasteiger partial charge in [-0.3, -0.25) is 4.79 Å². The fourth-order valence-corrected chi connectivity index (χ4v) is 1.31. The monoisotopic (exact) mass is 203 g/mol. The van der Waals surface area contributed by atoms with E-state index in [1.165, 1.54) is 0 Å². The first kappa shape index (κ1) is 9.36. The molecule has 0 saturated heterocycles. The largest absolute Gasteiger partial charge is 0.366 e. The van der Waals surface area contributed by atoms with Gasteiger partial charge in [0.15, 0.2) is 0 Å². The van der Waals surface area contributed by atoms with Gasteiger partial charge in [0.2, 0.25) is 5.91 Å². The van der Waals surface area contributed by atoms with Crippen molar-refractivity contribution >= 4 is 29.1 Å². The Bertz CT molecular complexity index is 336. The van der Waals surface area contributed by atoms with Crippen molar-refractivity contribution in [3.8, 4) is 0 Å². The summed E-state index contributed by atoms with van der Waals surface area (Å²) in [6.07, 6.45) is 0. The number of carbonyl (C=O) groups is 1. The van der Waals surface area contributed by atoms with E-state index in [-0.39, 0.29) is 10.6 Å². The lowest BCUT2D eigenvalue weighted by Crippen LogP contribution is -2.11. The van der Waals surface area contributed by atoms with E-state index in [1.54, 1.807) is 19.1 Å². The molecule has 0 radical (unpaired) electrons. The lowest BCUT2D eigenvalue weighted by molar-refractivity contribution is 0.100. The Morgan fingerprint density at radius 2 is 1.92 bits per heavy atom. The second kappa shape index (κ2) is 3.33. The molecule has 0 saturated carbocycles. The summed E-state index contributed by atoms with van der Waals surface area (Å²) in [5.41, 5.74) is 6.13. The molecule has 1 aromatic carbocycles. The molecule has 0 atom stereocenters. The summed E-state index contributed by atoms with van der Waals surface area (Å²) in [4.78, 5) is 10.8. The number of halogens is 2. The van der Waals surface area contributed by atoms with E-state index in [4.69, 9.17) is 28.9 Å². The van der Waals surface area contributed by atoms with Gasteiger partial charge in [-0.2, -0.15) is 0 Å². The summed E-state index contributed by atoms with van der Waals surface area (Å²) in [6.45, 7) is 1.80. The van der Waals surface area contributed by atoms with Crippen LogP contribution in [0.4, 0.5) is 0 Å². The van der Waals surface area contributed by atoms with Crippen LogP contribution in [0.3, 0.4) is 0 Å². The van der Waals surface area contributed by atoms with Gasteiger partial charge in [-0.1, -0.05) is 29.3 Å². The molecular formula is C8H7Cl2NO. The van der Waals surface area contributed by atoms with E-state index in [0.717, 1.165) is 5.56 Å². The Balaban J connectivity index is 3.36. The van der Waals surface area contributed by atoms with Gasteiger partial charge in [-0.05, 0) is 18.6 Å². The summed E-state index contributed by atoms with van der Waals surface area (Å²) >= 11 is 11.5. The Labute approximate surface area is 80.3 Å². The van der Waals surface area contributed by atoms with Gasteiger partial charge in [0.05, 0.1) is 15.6 Å². The third-order valence-corrected chi connectivity index (χ3v) is 2.52. The van der Waals surface area contributed by atoms with E-state index in [9.17, 15) is 4.79 Å². The van der Waals surface area contributed by atoms with Crippen molar-refractivity contribution in [3.05, 3.63) is 33.3 Å². The van der Waals surface area contributed by atoms with Crippen molar-refractivity contribution < 1.29 is 4.79 Å². The van der Waals surface area contributed by atoms with Crippen LogP contribution in [0.15, 0.2) is 12.1 Å². The number of rotatable bonds is 1. The van der Waals surface area contributed by atoms with E-state index >= 15 is 0 Å². The first-order valence-electron chi connectivity index (χ1n) is 3.28. The highest BCUT2D eigenvalue weighted by molar-refractivity contribution is 6.44. The molecule has 0 bridgehead atoms. The topological polar surface area (TPSA) is 43.1 Å². The van der Waals surface area contributed by atoms with Gasteiger partial charge in [0, 0.05) is 0 Å². The lowest BCUT2D eigenvalue weighted by atomic mass is 10.1. The molecular weight excluding hydrogens is 197 g/mol. The Hall–Kier alpha value is -0.730. The first-order valence-corrected chi connectivity index (χ1v) is 4.04. The zero-order chi connectivity index (χ0) is 9.30. The molecule has 2 nitrogen and oxygen atoms in total. The standard InChI is InChI=1S/C8H7Cl2NO/c1-4-2-3-5(8(11)12)7(10)6(4)9/h2-3H,1H3,(H2,11,12). The van der Waals surface area contributed by atoms with Gasteiger partial charge < -0.3 is 5.73 Å². The number of hydrogen-bond acceptors (Lipinski definition) is 1. The zero-order valence-electron chi connectivity index (χ0n) is 6.40. The maximum absolute atomic E-state index is 10.8. The first-order chi connectivity index (χ1) is 5.54. The minimum Gasteiger partial charge on any atom is -0.366 e. The van der Waals surface area contributed by atoms with Crippen LogP contribution >= 0.6 is 23.2 Å². The van der Waals surface area contributed by atoms with Gasteiger partial charge >= 0.3 is 0 Å². The summed E-state index contributed by atoms with van der Waals surface area (Å²) in [7, 11) is 0. The SMILES string of the molecule is Cc1ccc(C(N)=O)c(Cl)c1Cl. The molecule has 0 spiro atoms. The van der Waals surface area contributed by atoms with Gasteiger partial charge in [-0.15, -0.1) is 0 Å². The normalized spacial score (nSPS) is 9.92. The number of benzene rings is 1. The minimum absolute atomic E-state index is 0.226. The summed E-state index contributed by atoms with van der Waals surface area (Å²) in [6, 6.07) is 3.26. The third-order valence-electron chi connectivity index (χ3n) is 1.54. The molecule has 64 valence electrons. The zero-order valence-corrected chi connectivity index (χ0v) is 7.91. The Morgan fingerprint density at radius 1 is 1.33 bits per heavy atom. The van der Waals surface area contributed by atoms with Crippen molar-refractivity contribution in [1.82, 2.24) is 0 Å². The smallest absolute Gasteiger partial charge is 0.250 e. The molecule has 0 aliphatic rings. The van der Waals surface area contributed by atoms with Crippen LogP contribution in [-0.2, 0) is 0 Å². The molecule has 0 heterocycles. The average molecular weight is 204 g/mol. The van der Waals surface area contributed by atoms with Crippen LogP contribution in [0, 0.1) is 6.92 Å². The summed E-state index contributed by atoms with van der Waals surface area (Å²) < 4.78 is 0. The Kier molecular flexibility index (Phi) is 2.60. The molecule has 12 heavy (non-hydrogen) atoms. The van der Waals surface area contributed by atoms with Gasteiger partial charge in [-0.25, -0.2) is 0 Å². The predicted molar refractivity (Wildman–Crippen MR) is 49.7 cm³/mol. The average Bonchev–Trinajstić information content (AvgIpc) is 2.00. The third kappa shape index (κ3) is 1.54. The van der Waals surface area contributed by atoms with Crippen LogP contribution < -0.4 is 5.73 Å². The van der Waals surface area contributed by atoms with Crippen LogP contribution in [0.25, 0.3) is 0 Å². The molecule has 1 amide bonds. The number of amides is 1. The summed E-state index contributed by atoms with van der Waals surface area (Å²) in [5.74, 6) is -0.568. The molecule has 0 fully saturated rings. The highest BCUT2D eigenvalue weighted by Gasteiger charge is 2.10. The van der Waals surface area contributed by atoms with Crippen molar-refractivity contribution in [2.24, 2.45) is 5.73 Å². The second-order valence-electron chi connectivity index (χ2n) is 2.42. The molecule has 4 heteroatoms.